The summed E-state index contributed by atoms with van der Waals surface area (Å²) in [6.07, 6.45) is -0.682. The van der Waals surface area contributed by atoms with E-state index >= 15 is 0 Å². The van der Waals surface area contributed by atoms with Gasteiger partial charge in [-0.25, -0.2) is 14.8 Å². The molecule has 286 valence electrons. The molecule has 4 heterocycles. The Balaban J connectivity index is 1.16. The second-order valence-electron chi connectivity index (χ2n) is 13.7. The fraction of sp³-hybridized carbons (Fsp3) is 0.432. The Morgan fingerprint density at radius 3 is 2.48 bits per heavy atom. The topological polar surface area (TPSA) is 266 Å². The summed E-state index contributed by atoms with van der Waals surface area (Å²) in [5.74, 6) is -4.72. The van der Waals surface area contributed by atoms with Crippen LogP contribution in [0.2, 0.25) is 0 Å². The standard InChI is InChI=1S/C37H40N4O13/c38-27-9-6-20(41-27)10-13-50-22-7-4-19(5-8-22)24-14-23(42)28-25(51-24)15-26(31(29(28)43)54-36(48)11-2-1-3-12-36)52-35-30(44)32(45)37(49,33(53-35)34(46)47)16-21-17-39-18-40-21/h4-9,14-15,18,24,30,32-33,35,38,42-45,48-49H,1-3,10-13,16-17H2,(H,46,47)/t24?,30-,32+,33-,35-,37+/m1/s1. The number of nitrogens with zero attached hydrogens (tertiary/aromatic N) is 3. The van der Waals surface area contributed by atoms with E-state index in [1.165, 1.54) is 18.5 Å². The second kappa shape index (κ2) is 14.8. The first-order valence-corrected chi connectivity index (χ1v) is 17.5. The first kappa shape index (κ1) is 37.0. The van der Waals surface area contributed by atoms with Crippen LogP contribution in [0.1, 0.15) is 62.2 Å². The van der Waals surface area contributed by atoms with Gasteiger partial charge in [0.15, 0.2) is 17.6 Å². The second-order valence-corrected chi connectivity index (χ2v) is 13.7. The average Bonchev–Trinajstić information content (AvgIpc) is 3.81. The van der Waals surface area contributed by atoms with Gasteiger partial charge in [0, 0.05) is 49.2 Å². The fourth-order valence-electron chi connectivity index (χ4n) is 7.02. The van der Waals surface area contributed by atoms with E-state index in [0.717, 1.165) is 12.1 Å². The molecule has 0 amide bonds. The van der Waals surface area contributed by atoms with Gasteiger partial charge in [0.1, 0.15) is 58.9 Å². The zero-order valence-corrected chi connectivity index (χ0v) is 28.9. The molecule has 2 fully saturated rings. The molecule has 8 N–H and O–H groups in total. The quantitative estimate of drug-likeness (QED) is 0.145. The molecule has 17 nitrogen and oxygen atoms in total. The molecule has 5 aliphatic rings. The normalized spacial score (nSPS) is 28.4. The van der Waals surface area contributed by atoms with Crippen LogP contribution >= 0.6 is 0 Å². The lowest BCUT2D eigenvalue weighted by Crippen LogP contribution is -2.69. The van der Waals surface area contributed by atoms with Crippen LogP contribution in [0.3, 0.4) is 0 Å². The number of aliphatic hydroxyl groups excluding tert-OH is 3. The van der Waals surface area contributed by atoms with E-state index in [2.05, 4.69) is 15.0 Å². The summed E-state index contributed by atoms with van der Waals surface area (Å²) in [7, 11) is 0. The van der Waals surface area contributed by atoms with E-state index in [-0.39, 0.29) is 48.0 Å². The number of amidine groups is 1. The Morgan fingerprint density at radius 1 is 1.06 bits per heavy atom. The van der Waals surface area contributed by atoms with Crippen molar-refractivity contribution in [3.8, 4) is 28.7 Å². The van der Waals surface area contributed by atoms with Crippen LogP contribution in [0.25, 0.3) is 5.76 Å². The molecule has 0 aromatic heterocycles. The predicted octanol–water partition coefficient (Wildman–Crippen LogP) is 2.73. The summed E-state index contributed by atoms with van der Waals surface area (Å²) < 4.78 is 29.5. The van der Waals surface area contributed by atoms with Gasteiger partial charge in [0.25, 0.3) is 0 Å². The molecule has 1 unspecified atom stereocenters. The smallest absolute Gasteiger partial charge is 0.336 e. The molecule has 2 aromatic rings. The van der Waals surface area contributed by atoms with E-state index in [1.54, 1.807) is 36.4 Å². The summed E-state index contributed by atoms with van der Waals surface area (Å²) >= 11 is 0. The maximum Gasteiger partial charge on any atom is 0.336 e. The minimum atomic E-state index is -2.53. The Morgan fingerprint density at radius 2 is 1.81 bits per heavy atom. The third-order valence-electron chi connectivity index (χ3n) is 9.85. The number of carbonyl (C=O) groups is 1. The van der Waals surface area contributed by atoms with Crippen LogP contribution < -0.4 is 18.9 Å². The lowest BCUT2D eigenvalue weighted by Gasteiger charge is -2.46. The Hall–Kier alpha value is -5.33. The largest absolute Gasteiger partial charge is 0.507 e. The summed E-state index contributed by atoms with van der Waals surface area (Å²) in [6.45, 7) is 0.385. The fourth-order valence-corrected chi connectivity index (χ4v) is 7.02. The zero-order chi connectivity index (χ0) is 38.2. The number of phenols is 1. The highest BCUT2D eigenvalue weighted by molar-refractivity contribution is 6.14. The number of allylic oxidation sites excluding steroid dienone is 1. The third-order valence-corrected chi connectivity index (χ3v) is 9.85. The zero-order valence-electron chi connectivity index (χ0n) is 28.9. The number of aliphatic hydroxyl groups is 5. The summed E-state index contributed by atoms with van der Waals surface area (Å²) in [4.78, 5) is 24.3. The van der Waals surface area contributed by atoms with E-state index in [1.807, 2.05) is 0 Å². The molecule has 2 aromatic carbocycles. The van der Waals surface area contributed by atoms with Crippen LogP contribution in [0.15, 0.2) is 63.5 Å². The van der Waals surface area contributed by atoms with E-state index in [0.29, 0.717) is 37.2 Å². The predicted molar refractivity (Wildman–Crippen MR) is 191 cm³/mol. The van der Waals surface area contributed by atoms with Gasteiger partial charge in [-0.15, -0.1) is 0 Å². The molecule has 0 bridgehead atoms. The molecular formula is C37H40N4O13. The SMILES string of the molecule is N=C1C=CC(CCOc2ccc(C3C=C(O)c4c(cc(O[C@@H]5O[C@H](C(=O)O)[C@](O)(CC6=NC=NC6)[C@@H](O)[C@H]5O)c(OC5(O)CCCCC5)c4O)O3)cc2)=N1. The van der Waals surface area contributed by atoms with Crippen LogP contribution in [0, 0.1) is 5.41 Å². The number of phenolic OH excluding ortho intramolecular Hbond substituents is 1. The highest BCUT2D eigenvalue weighted by Crippen LogP contribution is 2.52. The summed E-state index contributed by atoms with van der Waals surface area (Å²) in [5, 5.41) is 85.4. The molecule has 1 saturated carbocycles. The van der Waals surface area contributed by atoms with Crippen LogP contribution in [0.4, 0.5) is 0 Å². The Bertz CT molecular complexity index is 1950. The highest BCUT2D eigenvalue weighted by atomic mass is 16.7. The molecule has 17 heteroatoms. The maximum absolute atomic E-state index is 12.4. The van der Waals surface area contributed by atoms with Gasteiger partial charge < -0.3 is 59.4 Å². The minimum Gasteiger partial charge on any atom is -0.507 e. The lowest BCUT2D eigenvalue weighted by molar-refractivity contribution is -0.303. The van der Waals surface area contributed by atoms with Crippen molar-refractivity contribution >= 4 is 35.3 Å². The van der Waals surface area contributed by atoms with E-state index in [9.17, 15) is 40.5 Å². The van der Waals surface area contributed by atoms with E-state index < -0.39 is 71.7 Å². The molecule has 7 rings (SSSR count). The van der Waals surface area contributed by atoms with Gasteiger partial charge in [0.2, 0.25) is 17.8 Å². The van der Waals surface area contributed by atoms with Gasteiger partial charge in [0.05, 0.1) is 13.2 Å². The highest BCUT2D eigenvalue weighted by Gasteiger charge is 2.59. The number of hydrogen-bond acceptors (Lipinski definition) is 15. The van der Waals surface area contributed by atoms with Crippen LogP contribution in [-0.4, -0.2) is 114 Å². The number of rotatable bonds is 12. The molecule has 1 aliphatic carbocycles. The Labute approximate surface area is 308 Å². The number of aliphatic imine (C=N–C) groups is 3. The molecular weight excluding hydrogens is 708 g/mol. The number of ether oxygens (including phenoxy) is 5. The molecule has 0 spiro atoms. The number of fused-ring (bicyclic) bond motifs is 1. The molecule has 54 heavy (non-hydrogen) atoms. The van der Waals surface area contributed by atoms with Gasteiger partial charge in [-0.3, -0.25) is 10.4 Å². The molecule has 0 radical (unpaired) electrons. The molecule has 1 saturated heterocycles. The third kappa shape index (κ3) is 7.40. The van der Waals surface area contributed by atoms with Crippen molar-refractivity contribution < 1.29 is 64.2 Å². The number of carboxylic acid groups (broad SMARTS) is 1. The van der Waals surface area contributed by atoms with E-state index in [4.69, 9.17) is 29.1 Å². The monoisotopic (exact) mass is 748 g/mol. The Kier molecular flexibility index (Phi) is 10.2. The molecule has 4 aliphatic heterocycles. The van der Waals surface area contributed by atoms with Crippen molar-refractivity contribution in [2.24, 2.45) is 15.0 Å². The number of nitrogens with one attached hydrogen (secondary N) is 1. The van der Waals surface area contributed by atoms with Gasteiger partial charge >= 0.3 is 5.97 Å². The van der Waals surface area contributed by atoms with Gasteiger partial charge in [-0.2, -0.15) is 0 Å². The summed E-state index contributed by atoms with van der Waals surface area (Å²) in [6, 6.07) is 8.07. The molecule has 6 atom stereocenters. The first-order chi connectivity index (χ1) is 25.8. The number of benzene rings is 2. The van der Waals surface area contributed by atoms with Crippen LogP contribution in [-0.2, 0) is 9.53 Å². The van der Waals surface area contributed by atoms with Crippen molar-refractivity contribution in [3.63, 3.8) is 0 Å². The minimum absolute atomic E-state index is 0.0532. The van der Waals surface area contributed by atoms with Crippen molar-refractivity contribution in [2.75, 3.05) is 13.2 Å². The lowest BCUT2D eigenvalue weighted by atomic mass is 9.80. The van der Waals surface area contributed by atoms with Crippen molar-refractivity contribution in [1.82, 2.24) is 0 Å². The van der Waals surface area contributed by atoms with Crippen molar-refractivity contribution in [2.45, 2.75) is 87.0 Å². The number of hydrogen-bond donors (Lipinski definition) is 8. The number of aromatic hydroxyl groups is 1. The van der Waals surface area contributed by atoms with Gasteiger partial charge in [-0.1, -0.05) is 18.6 Å². The van der Waals surface area contributed by atoms with Gasteiger partial charge in [-0.05, 0) is 42.7 Å². The number of carboxylic acids is 1. The van der Waals surface area contributed by atoms with Crippen molar-refractivity contribution in [1.29, 1.82) is 5.41 Å². The summed E-state index contributed by atoms with van der Waals surface area (Å²) in [5.41, 5.74) is -1.13. The maximum atomic E-state index is 12.4. The average molecular weight is 749 g/mol. The van der Waals surface area contributed by atoms with Crippen molar-refractivity contribution in [3.05, 3.63) is 59.7 Å². The number of aliphatic carboxylic acids is 1. The first-order valence-electron chi connectivity index (χ1n) is 17.5. The van der Waals surface area contributed by atoms with Crippen LogP contribution in [0.5, 0.6) is 28.7 Å².